The number of nitro benzene ring substituents is 1. The van der Waals surface area contributed by atoms with Crippen LogP contribution >= 0.6 is 11.6 Å². The Kier molecular flexibility index (Phi) is 5.40. The molecule has 0 unspecified atom stereocenters. The Bertz CT molecular complexity index is 951. The van der Waals surface area contributed by atoms with E-state index in [1.165, 1.54) is 13.8 Å². The van der Waals surface area contributed by atoms with Gasteiger partial charge in [-0.2, -0.15) is 0 Å². The van der Waals surface area contributed by atoms with Gasteiger partial charge in [0.25, 0.3) is 5.69 Å². The lowest BCUT2D eigenvalue weighted by atomic mass is 10.1. The van der Waals surface area contributed by atoms with E-state index in [1.807, 2.05) is 0 Å². The molecule has 0 amide bonds. The Morgan fingerprint density at radius 2 is 1.88 bits per heavy atom. The molecule has 2 rings (SSSR count). The van der Waals surface area contributed by atoms with Crippen molar-refractivity contribution in [1.29, 1.82) is 0 Å². The van der Waals surface area contributed by atoms with Crippen molar-refractivity contribution in [2.45, 2.75) is 24.8 Å². The molecule has 0 saturated carbocycles. The maximum atomic E-state index is 13.8. The number of nitro groups is 1. The molecule has 0 bridgehead atoms. The van der Waals surface area contributed by atoms with Gasteiger partial charge in [0.1, 0.15) is 11.6 Å². The van der Waals surface area contributed by atoms with Gasteiger partial charge in [-0.1, -0.05) is 17.7 Å². The molecule has 2 aromatic carbocycles. The smallest absolute Gasteiger partial charge is 0.258 e. The topological polar surface area (TPSA) is 89.3 Å². The normalized spacial score (nSPS) is 12.8. The summed E-state index contributed by atoms with van der Waals surface area (Å²) in [5.41, 5.74) is -0.394. The lowest BCUT2D eigenvalue weighted by molar-refractivity contribution is -0.385. The van der Waals surface area contributed by atoms with Crippen LogP contribution in [0.3, 0.4) is 0 Å². The van der Waals surface area contributed by atoms with E-state index in [4.69, 9.17) is 11.6 Å². The molecule has 0 saturated heterocycles. The van der Waals surface area contributed by atoms with Crippen molar-refractivity contribution in [2.75, 3.05) is 0 Å². The molecule has 0 spiro atoms. The molecule has 1 atom stereocenters. The van der Waals surface area contributed by atoms with Crippen LogP contribution in [0, 0.1) is 28.7 Å². The van der Waals surface area contributed by atoms with Crippen molar-refractivity contribution >= 4 is 27.3 Å². The summed E-state index contributed by atoms with van der Waals surface area (Å²) in [5.74, 6) is -1.71. The zero-order chi connectivity index (χ0) is 18.9. The highest BCUT2D eigenvalue weighted by atomic mass is 35.5. The molecule has 0 aromatic heterocycles. The van der Waals surface area contributed by atoms with Gasteiger partial charge < -0.3 is 0 Å². The molecule has 10 heteroatoms. The third kappa shape index (κ3) is 4.12. The van der Waals surface area contributed by atoms with E-state index >= 15 is 0 Å². The van der Waals surface area contributed by atoms with Gasteiger partial charge in [0.05, 0.1) is 14.8 Å². The quantitative estimate of drug-likeness (QED) is 0.619. The highest BCUT2D eigenvalue weighted by Gasteiger charge is 2.25. The number of nitrogens with one attached hydrogen (secondary N) is 1. The molecule has 2 aromatic rings. The van der Waals surface area contributed by atoms with Gasteiger partial charge in [0.15, 0.2) is 0 Å². The van der Waals surface area contributed by atoms with E-state index in [1.54, 1.807) is 0 Å². The standard InChI is InChI=1S/C15H13ClF2N2O4S/c1-8-13(16)6-11(7-15(8)20(21)22)25(23,24)19-9(2)12-4-3-10(17)5-14(12)18/h3-7,9,19H,1-2H3/t9-/m1/s1. The van der Waals surface area contributed by atoms with Crippen molar-refractivity contribution in [3.8, 4) is 0 Å². The van der Waals surface area contributed by atoms with Crippen molar-refractivity contribution in [3.63, 3.8) is 0 Å². The van der Waals surface area contributed by atoms with Crippen LogP contribution < -0.4 is 4.72 Å². The Balaban J connectivity index is 2.41. The van der Waals surface area contributed by atoms with Crippen molar-refractivity contribution < 1.29 is 22.1 Å². The SMILES string of the molecule is Cc1c(Cl)cc(S(=O)(=O)N[C@H](C)c2ccc(F)cc2F)cc1[N+](=O)[O-]. The predicted octanol–water partition coefficient (Wildman–Crippen LogP) is 3.87. The van der Waals surface area contributed by atoms with Crippen LogP contribution in [-0.4, -0.2) is 13.3 Å². The van der Waals surface area contributed by atoms with Crippen LogP contribution in [0.1, 0.15) is 24.1 Å². The molecule has 1 N–H and O–H groups in total. The molecule has 0 heterocycles. The summed E-state index contributed by atoms with van der Waals surface area (Å²) in [6.07, 6.45) is 0. The highest BCUT2D eigenvalue weighted by Crippen LogP contribution is 2.30. The third-order valence-corrected chi connectivity index (χ3v) is 5.47. The van der Waals surface area contributed by atoms with Crippen molar-refractivity contribution in [2.24, 2.45) is 0 Å². The van der Waals surface area contributed by atoms with E-state index < -0.39 is 43.2 Å². The molecule has 0 fully saturated rings. The zero-order valence-corrected chi connectivity index (χ0v) is 14.7. The zero-order valence-electron chi connectivity index (χ0n) is 13.1. The fourth-order valence-electron chi connectivity index (χ4n) is 2.20. The van der Waals surface area contributed by atoms with Gasteiger partial charge >= 0.3 is 0 Å². The van der Waals surface area contributed by atoms with E-state index in [9.17, 15) is 27.3 Å². The number of rotatable bonds is 5. The van der Waals surface area contributed by atoms with E-state index in [0.717, 1.165) is 24.3 Å². The van der Waals surface area contributed by atoms with Gasteiger partial charge in [0.2, 0.25) is 10.0 Å². The first-order chi connectivity index (χ1) is 11.5. The van der Waals surface area contributed by atoms with Crippen LogP contribution in [0.15, 0.2) is 35.2 Å². The van der Waals surface area contributed by atoms with Gasteiger partial charge in [-0.25, -0.2) is 21.9 Å². The average Bonchev–Trinajstić information content (AvgIpc) is 2.48. The molecule has 0 aliphatic carbocycles. The van der Waals surface area contributed by atoms with Gasteiger partial charge in [-0.3, -0.25) is 10.1 Å². The Morgan fingerprint density at radius 1 is 1.24 bits per heavy atom. The number of nitrogens with zero attached hydrogens (tertiary/aromatic N) is 1. The second-order valence-electron chi connectivity index (χ2n) is 5.32. The molecule has 25 heavy (non-hydrogen) atoms. The minimum atomic E-state index is -4.23. The van der Waals surface area contributed by atoms with Gasteiger partial charge in [-0.15, -0.1) is 0 Å². The summed E-state index contributed by atoms with van der Waals surface area (Å²) in [7, 11) is -4.23. The maximum Gasteiger partial charge on any atom is 0.275 e. The minimum absolute atomic E-state index is 0.0716. The molecule has 0 aliphatic rings. The minimum Gasteiger partial charge on any atom is -0.258 e. The Hall–Kier alpha value is -2.10. The molecule has 0 radical (unpaired) electrons. The summed E-state index contributed by atoms with van der Waals surface area (Å²) in [4.78, 5) is 9.85. The monoisotopic (exact) mass is 390 g/mol. The molecule has 0 aliphatic heterocycles. The summed E-state index contributed by atoms with van der Waals surface area (Å²) in [5, 5.41) is 10.9. The second-order valence-corrected chi connectivity index (χ2v) is 7.44. The first kappa shape index (κ1) is 19.2. The van der Waals surface area contributed by atoms with E-state index in [2.05, 4.69) is 4.72 Å². The van der Waals surface area contributed by atoms with Crippen LogP contribution in [0.2, 0.25) is 5.02 Å². The van der Waals surface area contributed by atoms with Crippen LogP contribution in [0.25, 0.3) is 0 Å². The summed E-state index contributed by atoms with van der Waals surface area (Å²) in [6, 6.07) is 3.65. The van der Waals surface area contributed by atoms with Crippen LogP contribution in [-0.2, 0) is 10.0 Å². The molecule has 6 nitrogen and oxygen atoms in total. The Morgan fingerprint density at radius 3 is 2.44 bits per heavy atom. The summed E-state index contributed by atoms with van der Waals surface area (Å²) in [6.45, 7) is 2.75. The number of benzene rings is 2. The number of hydrogen-bond acceptors (Lipinski definition) is 4. The lowest BCUT2D eigenvalue weighted by Crippen LogP contribution is -2.27. The highest BCUT2D eigenvalue weighted by molar-refractivity contribution is 7.89. The second kappa shape index (κ2) is 7.03. The fourth-order valence-corrected chi connectivity index (χ4v) is 3.75. The number of hydrogen-bond donors (Lipinski definition) is 1. The van der Waals surface area contributed by atoms with Gasteiger partial charge in [-0.05, 0) is 26.0 Å². The lowest BCUT2D eigenvalue weighted by Gasteiger charge is -2.16. The van der Waals surface area contributed by atoms with Crippen LogP contribution in [0.5, 0.6) is 0 Å². The first-order valence-corrected chi connectivity index (χ1v) is 8.81. The maximum absolute atomic E-state index is 13.8. The van der Waals surface area contributed by atoms with Crippen molar-refractivity contribution in [1.82, 2.24) is 4.72 Å². The number of halogens is 3. The number of sulfonamides is 1. The predicted molar refractivity (Wildman–Crippen MR) is 87.9 cm³/mol. The van der Waals surface area contributed by atoms with Crippen molar-refractivity contribution in [3.05, 3.63) is 68.2 Å². The van der Waals surface area contributed by atoms with Crippen LogP contribution in [0.4, 0.5) is 14.5 Å². The van der Waals surface area contributed by atoms with E-state index in [0.29, 0.717) is 6.07 Å². The largest absolute Gasteiger partial charge is 0.275 e. The molecular weight excluding hydrogens is 378 g/mol. The first-order valence-electron chi connectivity index (χ1n) is 6.94. The molecular formula is C15H13ClF2N2O4S. The fraction of sp³-hybridized carbons (Fsp3) is 0.200. The average molecular weight is 391 g/mol. The summed E-state index contributed by atoms with van der Waals surface area (Å²) >= 11 is 5.87. The molecule has 134 valence electrons. The Labute approximate surface area is 147 Å². The summed E-state index contributed by atoms with van der Waals surface area (Å²) < 4.78 is 53.8. The van der Waals surface area contributed by atoms with E-state index in [-0.39, 0.29) is 16.1 Å². The van der Waals surface area contributed by atoms with Gasteiger partial charge in [0, 0.05) is 29.3 Å². The third-order valence-electron chi connectivity index (χ3n) is 3.56.